The van der Waals surface area contributed by atoms with Crippen LogP contribution in [0.4, 0.5) is 0 Å². The monoisotopic (exact) mass is 416 g/mol. The molecule has 3 aromatic rings. The quantitative estimate of drug-likeness (QED) is 0.525. The first-order chi connectivity index (χ1) is 15.1. The van der Waals surface area contributed by atoms with Crippen molar-refractivity contribution in [3.8, 4) is 0 Å². The van der Waals surface area contributed by atoms with Gasteiger partial charge < -0.3 is 15.4 Å². The van der Waals surface area contributed by atoms with Crippen molar-refractivity contribution in [1.29, 1.82) is 0 Å². The summed E-state index contributed by atoms with van der Waals surface area (Å²) in [6, 6.07) is 27.7. The van der Waals surface area contributed by atoms with Crippen molar-refractivity contribution in [3.63, 3.8) is 0 Å². The van der Waals surface area contributed by atoms with Gasteiger partial charge in [-0.05, 0) is 29.7 Å². The van der Waals surface area contributed by atoms with E-state index in [1.807, 2.05) is 60.7 Å². The highest BCUT2D eigenvalue weighted by molar-refractivity contribution is 5.96. The molecule has 0 aliphatic rings. The van der Waals surface area contributed by atoms with E-state index < -0.39 is 18.5 Å². The van der Waals surface area contributed by atoms with Gasteiger partial charge in [-0.1, -0.05) is 78.9 Å². The summed E-state index contributed by atoms with van der Waals surface area (Å²) in [5.41, 5.74) is 2.48. The zero-order valence-corrected chi connectivity index (χ0v) is 17.0. The fourth-order valence-corrected chi connectivity index (χ4v) is 3.06. The third-order valence-corrected chi connectivity index (χ3v) is 4.61. The van der Waals surface area contributed by atoms with Gasteiger partial charge in [-0.3, -0.25) is 14.4 Å². The average molecular weight is 416 g/mol. The van der Waals surface area contributed by atoms with Gasteiger partial charge in [-0.2, -0.15) is 0 Å². The highest BCUT2D eigenvalue weighted by atomic mass is 16.5. The lowest BCUT2D eigenvalue weighted by Gasteiger charge is -2.19. The van der Waals surface area contributed by atoms with Crippen molar-refractivity contribution < 1.29 is 19.1 Å². The van der Waals surface area contributed by atoms with Crippen LogP contribution in [0.5, 0.6) is 0 Å². The number of esters is 1. The van der Waals surface area contributed by atoms with Crippen molar-refractivity contribution in [2.24, 2.45) is 0 Å². The molecular weight excluding hydrogens is 392 g/mol. The highest BCUT2D eigenvalue weighted by Crippen LogP contribution is 2.18. The molecule has 2 N–H and O–H groups in total. The summed E-state index contributed by atoms with van der Waals surface area (Å²) in [4.78, 5) is 36.3. The number of benzene rings is 3. The van der Waals surface area contributed by atoms with Crippen LogP contribution in [0.1, 0.15) is 27.5 Å². The van der Waals surface area contributed by atoms with Gasteiger partial charge in [0, 0.05) is 5.56 Å². The Bertz CT molecular complexity index is 992. The molecule has 0 fully saturated rings. The molecule has 3 aromatic carbocycles. The summed E-state index contributed by atoms with van der Waals surface area (Å²) in [7, 11) is 0. The molecular formula is C25H24N2O4. The largest absolute Gasteiger partial charge is 0.454 e. The van der Waals surface area contributed by atoms with E-state index in [9.17, 15) is 14.4 Å². The maximum absolute atomic E-state index is 12.4. The van der Waals surface area contributed by atoms with E-state index in [-0.39, 0.29) is 18.5 Å². The first kappa shape index (κ1) is 21.8. The molecule has 0 bridgehead atoms. The predicted molar refractivity (Wildman–Crippen MR) is 117 cm³/mol. The smallest absolute Gasteiger partial charge is 0.325 e. The second-order valence-electron chi connectivity index (χ2n) is 6.93. The molecule has 3 rings (SSSR count). The Morgan fingerprint density at radius 1 is 0.774 bits per heavy atom. The summed E-state index contributed by atoms with van der Waals surface area (Å²) >= 11 is 0. The Labute approximate surface area is 181 Å². The van der Waals surface area contributed by atoms with Gasteiger partial charge in [-0.15, -0.1) is 0 Å². The van der Waals surface area contributed by atoms with Crippen LogP contribution in [0.15, 0.2) is 91.0 Å². The van der Waals surface area contributed by atoms with E-state index in [1.54, 1.807) is 30.3 Å². The molecule has 31 heavy (non-hydrogen) atoms. The third kappa shape index (κ3) is 7.12. The number of hydrogen-bond donors (Lipinski definition) is 2. The zero-order chi connectivity index (χ0) is 21.9. The molecule has 158 valence electrons. The van der Waals surface area contributed by atoms with E-state index in [0.717, 1.165) is 11.1 Å². The van der Waals surface area contributed by atoms with Crippen molar-refractivity contribution in [2.45, 2.75) is 12.5 Å². The number of carbonyl (C=O) groups is 3. The van der Waals surface area contributed by atoms with Crippen LogP contribution >= 0.6 is 0 Å². The molecule has 6 heteroatoms. The number of hydrogen-bond acceptors (Lipinski definition) is 4. The van der Waals surface area contributed by atoms with Gasteiger partial charge in [0.2, 0.25) is 0 Å². The number of ether oxygens (including phenoxy) is 1. The number of amides is 2. The van der Waals surface area contributed by atoms with Crippen LogP contribution in [0.25, 0.3) is 0 Å². The zero-order valence-electron chi connectivity index (χ0n) is 17.0. The lowest BCUT2D eigenvalue weighted by Crippen LogP contribution is -2.36. The van der Waals surface area contributed by atoms with E-state index in [1.165, 1.54) is 0 Å². The Morgan fingerprint density at radius 3 is 2.00 bits per heavy atom. The minimum atomic E-state index is -0.682. The molecule has 0 aliphatic heterocycles. The first-order valence-corrected chi connectivity index (χ1v) is 9.99. The first-order valence-electron chi connectivity index (χ1n) is 9.99. The SMILES string of the molecule is O=C(COC(=O)CNC(=O)c1ccccc1)N[C@H](Cc1ccccc1)c1ccccc1. The Morgan fingerprint density at radius 2 is 1.35 bits per heavy atom. The molecule has 0 unspecified atom stereocenters. The van der Waals surface area contributed by atoms with E-state index >= 15 is 0 Å². The maximum Gasteiger partial charge on any atom is 0.325 e. The van der Waals surface area contributed by atoms with Gasteiger partial charge in [0.1, 0.15) is 6.54 Å². The molecule has 0 saturated heterocycles. The average Bonchev–Trinajstić information content (AvgIpc) is 2.82. The fraction of sp³-hybridized carbons (Fsp3) is 0.160. The topological polar surface area (TPSA) is 84.5 Å². The molecule has 0 spiro atoms. The van der Waals surface area contributed by atoms with Crippen LogP contribution in [0, 0.1) is 0 Å². The lowest BCUT2D eigenvalue weighted by molar-refractivity contribution is -0.147. The van der Waals surface area contributed by atoms with Crippen molar-refractivity contribution >= 4 is 17.8 Å². The number of nitrogens with one attached hydrogen (secondary N) is 2. The number of rotatable bonds is 9. The van der Waals surface area contributed by atoms with Crippen LogP contribution < -0.4 is 10.6 Å². The van der Waals surface area contributed by atoms with Crippen molar-refractivity contribution in [1.82, 2.24) is 10.6 Å². The lowest BCUT2D eigenvalue weighted by atomic mass is 9.99. The second kappa shape index (κ2) is 11.3. The Hall–Kier alpha value is -3.93. The molecule has 2 amide bonds. The van der Waals surface area contributed by atoms with Crippen molar-refractivity contribution in [3.05, 3.63) is 108 Å². The molecule has 0 heterocycles. The normalized spacial score (nSPS) is 11.2. The van der Waals surface area contributed by atoms with Crippen LogP contribution in [-0.4, -0.2) is 30.9 Å². The van der Waals surface area contributed by atoms with Crippen LogP contribution in [0.3, 0.4) is 0 Å². The summed E-state index contributed by atoms with van der Waals surface area (Å²) in [5.74, 6) is -1.47. The van der Waals surface area contributed by atoms with Crippen LogP contribution in [0.2, 0.25) is 0 Å². The Balaban J connectivity index is 1.50. The summed E-state index contributed by atoms with van der Waals surface area (Å²) < 4.78 is 5.01. The fourth-order valence-electron chi connectivity index (χ4n) is 3.06. The predicted octanol–water partition coefficient (Wildman–Crippen LogP) is 3.06. The second-order valence-corrected chi connectivity index (χ2v) is 6.93. The molecule has 0 aliphatic carbocycles. The minimum absolute atomic E-state index is 0.257. The highest BCUT2D eigenvalue weighted by Gasteiger charge is 2.17. The Kier molecular flexibility index (Phi) is 7.94. The summed E-state index contributed by atoms with van der Waals surface area (Å²) in [6.45, 7) is -0.731. The third-order valence-electron chi connectivity index (χ3n) is 4.61. The maximum atomic E-state index is 12.4. The van der Waals surface area contributed by atoms with Gasteiger partial charge in [-0.25, -0.2) is 0 Å². The minimum Gasteiger partial charge on any atom is -0.454 e. The van der Waals surface area contributed by atoms with Crippen molar-refractivity contribution in [2.75, 3.05) is 13.2 Å². The molecule has 0 aromatic heterocycles. The molecule has 0 saturated carbocycles. The molecule has 0 radical (unpaired) electrons. The van der Waals surface area contributed by atoms with E-state index in [4.69, 9.17) is 4.74 Å². The molecule has 6 nitrogen and oxygen atoms in total. The van der Waals surface area contributed by atoms with E-state index in [0.29, 0.717) is 12.0 Å². The van der Waals surface area contributed by atoms with Crippen LogP contribution in [-0.2, 0) is 20.7 Å². The standard InChI is InChI=1S/C25H24N2O4/c28-23(18-31-24(29)17-26-25(30)21-14-8-3-9-15-21)27-22(20-12-6-2-7-13-20)16-19-10-4-1-5-11-19/h1-15,22H,16-18H2,(H,26,30)(H,27,28)/t22-/m1/s1. The van der Waals surface area contributed by atoms with Gasteiger partial charge in [0.05, 0.1) is 6.04 Å². The number of carbonyl (C=O) groups excluding carboxylic acids is 3. The van der Waals surface area contributed by atoms with Gasteiger partial charge in [0.25, 0.3) is 11.8 Å². The van der Waals surface area contributed by atoms with Gasteiger partial charge in [0.15, 0.2) is 6.61 Å². The summed E-state index contributed by atoms with van der Waals surface area (Å²) in [5, 5.41) is 5.40. The molecule has 1 atom stereocenters. The van der Waals surface area contributed by atoms with Gasteiger partial charge >= 0.3 is 5.97 Å². The summed E-state index contributed by atoms with van der Waals surface area (Å²) in [6.07, 6.45) is 0.609. The van der Waals surface area contributed by atoms with E-state index in [2.05, 4.69) is 10.6 Å².